The zero-order chi connectivity index (χ0) is 15.5. The number of carbonyl (C=O) groups excluding carboxylic acids is 1. The monoisotopic (exact) mass is 292 g/mol. The van der Waals surface area contributed by atoms with Crippen LogP contribution in [0, 0.1) is 13.8 Å². The van der Waals surface area contributed by atoms with Crippen LogP contribution in [0.1, 0.15) is 67.2 Å². The number of rotatable bonds is 4. The fraction of sp³-hybridized carbons (Fsp3) is 0.706. The molecule has 2 N–H and O–H groups in total. The van der Waals surface area contributed by atoms with Crippen molar-refractivity contribution in [2.45, 2.75) is 71.4 Å². The number of carbonyl (C=O) groups is 1. The van der Waals surface area contributed by atoms with Gasteiger partial charge in [-0.3, -0.25) is 4.79 Å². The van der Waals surface area contributed by atoms with Crippen molar-refractivity contribution in [1.82, 2.24) is 9.88 Å². The molecule has 1 aliphatic carbocycles. The third kappa shape index (κ3) is 3.67. The van der Waals surface area contributed by atoms with Crippen LogP contribution in [0.5, 0.6) is 0 Å². The van der Waals surface area contributed by atoms with Crippen LogP contribution in [0.3, 0.4) is 0 Å². The fourth-order valence-electron chi connectivity index (χ4n) is 3.42. The molecule has 2 rings (SSSR count). The van der Waals surface area contributed by atoms with Crippen LogP contribution >= 0.6 is 0 Å². The Kier molecular flexibility index (Phi) is 5.09. The highest BCUT2D eigenvalue weighted by molar-refractivity contribution is 5.95. The topological polar surface area (TPSA) is 54.3 Å². The van der Waals surface area contributed by atoms with Crippen molar-refractivity contribution in [3.8, 4) is 0 Å². The second kappa shape index (κ2) is 6.65. The normalized spacial score (nSPS) is 18.3. The van der Waals surface area contributed by atoms with Crippen LogP contribution in [0.25, 0.3) is 0 Å². The second-order valence-electron chi connectivity index (χ2n) is 6.35. The summed E-state index contributed by atoms with van der Waals surface area (Å²) in [4.78, 5) is 12.4. The van der Waals surface area contributed by atoms with Gasteiger partial charge < -0.3 is 15.0 Å². The van der Waals surface area contributed by atoms with Crippen LogP contribution < -0.4 is 5.32 Å². The molecule has 0 unspecified atom stereocenters. The summed E-state index contributed by atoms with van der Waals surface area (Å²) in [6.45, 7) is 7.31. The van der Waals surface area contributed by atoms with Gasteiger partial charge in [-0.05, 0) is 39.7 Å². The minimum Gasteiger partial charge on any atom is -0.388 e. The van der Waals surface area contributed by atoms with Crippen LogP contribution in [0.15, 0.2) is 6.07 Å². The number of aryl methyl sites for hydroxylation is 1. The number of aromatic nitrogens is 1. The van der Waals surface area contributed by atoms with Gasteiger partial charge in [0.05, 0.1) is 11.2 Å². The molecular weight excluding hydrogens is 264 g/mol. The molecule has 1 saturated carbocycles. The Balaban J connectivity index is 2.01. The summed E-state index contributed by atoms with van der Waals surface area (Å²) in [7, 11) is 0. The van der Waals surface area contributed by atoms with Crippen molar-refractivity contribution in [1.29, 1.82) is 0 Å². The summed E-state index contributed by atoms with van der Waals surface area (Å²) >= 11 is 0. The van der Waals surface area contributed by atoms with Crippen molar-refractivity contribution in [3.05, 3.63) is 23.0 Å². The Bertz CT molecular complexity index is 497. The van der Waals surface area contributed by atoms with E-state index in [2.05, 4.69) is 16.8 Å². The van der Waals surface area contributed by atoms with Crippen molar-refractivity contribution < 1.29 is 9.90 Å². The van der Waals surface area contributed by atoms with E-state index in [4.69, 9.17) is 0 Å². The smallest absolute Gasteiger partial charge is 0.253 e. The Hall–Kier alpha value is -1.29. The van der Waals surface area contributed by atoms with E-state index >= 15 is 0 Å². The van der Waals surface area contributed by atoms with Crippen LogP contribution in [0.4, 0.5) is 0 Å². The molecule has 1 heterocycles. The molecule has 118 valence electrons. The van der Waals surface area contributed by atoms with Crippen molar-refractivity contribution in [3.63, 3.8) is 0 Å². The van der Waals surface area contributed by atoms with Crippen molar-refractivity contribution in [2.24, 2.45) is 0 Å². The minimum atomic E-state index is -0.720. The van der Waals surface area contributed by atoms with E-state index in [1.54, 1.807) is 0 Å². The summed E-state index contributed by atoms with van der Waals surface area (Å²) in [5.41, 5.74) is 2.11. The Morgan fingerprint density at radius 2 is 1.90 bits per heavy atom. The van der Waals surface area contributed by atoms with Gasteiger partial charge in [0.15, 0.2) is 0 Å². The highest BCUT2D eigenvalue weighted by atomic mass is 16.3. The number of nitrogens with zero attached hydrogens (tertiary/aromatic N) is 1. The zero-order valence-corrected chi connectivity index (χ0v) is 13.5. The Morgan fingerprint density at radius 1 is 1.29 bits per heavy atom. The van der Waals surface area contributed by atoms with Gasteiger partial charge in [0.1, 0.15) is 0 Å². The molecular formula is C17H28N2O2. The summed E-state index contributed by atoms with van der Waals surface area (Å²) < 4.78 is 2.13. The minimum absolute atomic E-state index is 0.0690. The maximum atomic E-state index is 12.4. The molecule has 4 heteroatoms. The molecule has 0 atom stereocenters. The van der Waals surface area contributed by atoms with Gasteiger partial charge in [-0.15, -0.1) is 0 Å². The summed E-state index contributed by atoms with van der Waals surface area (Å²) in [5, 5.41) is 13.5. The molecule has 0 saturated heterocycles. The molecule has 1 aliphatic rings. The predicted octanol–water partition coefficient (Wildman–Crippen LogP) is 2.94. The zero-order valence-electron chi connectivity index (χ0n) is 13.5. The maximum absolute atomic E-state index is 12.4. The van der Waals surface area contributed by atoms with E-state index in [0.717, 1.165) is 49.2 Å². The largest absolute Gasteiger partial charge is 0.388 e. The predicted molar refractivity (Wildman–Crippen MR) is 84.6 cm³/mol. The molecule has 0 spiro atoms. The Morgan fingerprint density at radius 3 is 2.43 bits per heavy atom. The highest BCUT2D eigenvalue weighted by Crippen LogP contribution is 2.26. The quantitative estimate of drug-likeness (QED) is 0.838. The first-order chi connectivity index (χ1) is 9.97. The summed E-state index contributed by atoms with van der Waals surface area (Å²) in [5.74, 6) is -0.0690. The van der Waals surface area contributed by atoms with Crippen molar-refractivity contribution >= 4 is 5.91 Å². The average molecular weight is 292 g/mol. The first-order valence-corrected chi connectivity index (χ1v) is 8.14. The van der Waals surface area contributed by atoms with Crippen LogP contribution in [-0.2, 0) is 6.54 Å². The average Bonchev–Trinajstić information content (AvgIpc) is 2.62. The van der Waals surface area contributed by atoms with Crippen LogP contribution in [-0.4, -0.2) is 27.7 Å². The number of amides is 1. The van der Waals surface area contributed by atoms with Crippen molar-refractivity contribution in [2.75, 3.05) is 6.54 Å². The first-order valence-electron chi connectivity index (χ1n) is 8.14. The van der Waals surface area contributed by atoms with Gasteiger partial charge in [0, 0.05) is 24.5 Å². The lowest BCUT2D eigenvalue weighted by molar-refractivity contribution is 0.0246. The van der Waals surface area contributed by atoms with Gasteiger partial charge in [-0.2, -0.15) is 0 Å². The van der Waals surface area contributed by atoms with Crippen LogP contribution in [0.2, 0.25) is 0 Å². The molecule has 0 aliphatic heterocycles. The fourth-order valence-corrected chi connectivity index (χ4v) is 3.42. The molecule has 4 nitrogen and oxygen atoms in total. The molecule has 1 amide bonds. The SMILES string of the molecule is CCn1c(C)cc(C(=O)NCC2(O)CCCCCC2)c1C. The summed E-state index contributed by atoms with van der Waals surface area (Å²) in [6, 6.07) is 1.94. The third-order valence-corrected chi connectivity index (χ3v) is 4.75. The lowest BCUT2D eigenvalue weighted by Crippen LogP contribution is -2.42. The standard InChI is InChI=1S/C17H28N2O2/c1-4-19-13(2)11-15(14(19)3)16(20)18-12-17(21)9-7-5-6-8-10-17/h11,21H,4-10,12H2,1-3H3,(H,18,20). The van der Waals surface area contributed by atoms with E-state index in [-0.39, 0.29) is 5.91 Å². The molecule has 0 bridgehead atoms. The molecule has 21 heavy (non-hydrogen) atoms. The Labute approximate surface area is 127 Å². The number of aliphatic hydroxyl groups is 1. The number of nitrogens with one attached hydrogen (secondary N) is 1. The molecule has 0 aromatic carbocycles. The molecule has 1 fully saturated rings. The second-order valence-corrected chi connectivity index (χ2v) is 6.35. The van der Waals surface area contributed by atoms with Gasteiger partial charge >= 0.3 is 0 Å². The van der Waals surface area contributed by atoms with E-state index in [1.165, 1.54) is 12.8 Å². The molecule has 1 aromatic heterocycles. The molecule has 0 radical (unpaired) electrons. The maximum Gasteiger partial charge on any atom is 0.253 e. The van der Waals surface area contributed by atoms with Gasteiger partial charge in [0.2, 0.25) is 0 Å². The molecule has 1 aromatic rings. The highest BCUT2D eigenvalue weighted by Gasteiger charge is 2.28. The van der Waals surface area contributed by atoms with Gasteiger partial charge in [0.25, 0.3) is 5.91 Å². The third-order valence-electron chi connectivity index (χ3n) is 4.75. The lowest BCUT2D eigenvalue weighted by atomic mass is 9.94. The summed E-state index contributed by atoms with van der Waals surface area (Å²) in [6.07, 6.45) is 6.07. The van der Waals surface area contributed by atoms with E-state index in [1.807, 2.05) is 19.9 Å². The van der Waals surface area contributed by atoms with Gasteiger partial charge in [-0.25, -0.2) is 0 Å². The number of hydrogen-bond acceptors (Lipinski definition) is 2. The number of hydrogen-bond donors (Lipinski definition) is 2. The van der Waals surface area contributed by atoms with E-state index in [0.29, 0.717) is 6.54 Å². The van der Waals surface area contributed by atoms with E-state index < -0.39 is 5.60 Å². The lowest BCUT2D eigenvalue weighted by Gasteiger charge is -2.26. The van der Waals surface area contributed by atoms with E-state index in [9.17, 15) is 9.90 Å². The van der Waals surface area contributed by atoms with Gasteiger partial charge in [-0.1, -0.05) is 25.7 Å². The first kappa shape index (κ1) is 16.1.